The molecule has 3 N–H and O–H groups in total. The number of pyridine rings is 1. The summed E-state index contributed by atoms with van der Waals surface area (Å²) in [7, 11) is 0. The molecule has 3 aromatic rings. The highest BCUT2D eigenvalue weighted by Gasteiger charge is 2.35. The molecular formula is C18H15ClF3N3O2. The quantitative estimate of drug-likeness (QED) is 0.573. The molecule has 3 rings (SSSR count). The molecule has 0 amide bonds. The van der Waals surface area contributed by atoms with E-state index in [-0.39, 0.29) is 33.9 Å². The van der Waals surface area contributed by atoms with Crippen molar-refractivity contribution in [3.63, 3.8) is 0 Å². The molecule has 9 heteroatoms. The number of alkyl halides is 3. The molecule has 0 aliphatic heterocycles. The van der Waals surface area contributed by atoms with Gasteiger partial charge in [-0.15, -0.1) is 0 Å². The van der Waals surface area contributed by atoms with Crippen LogP contribution >= 0.6 is 11.6 Å². The van der Waals surface area contributed by atoms with Crippen molar-refractivity contribution in [1.82, 2.24) is 9.66 Å². The molecule has 0 aliphatic rings. The van der Waals surface area contributed by atoms with E-state index in [2.05, 4.69) is 10.4 Å². The van der Waals surface area contributed by atoms with Crippen LogP contribution in [0.3, 0.4) is 0 Å². The maximum absolute atomic E-state index is 13.4. The molecule has 0 spiro atoms. The highest BCUT2D eigenvalue weighted by atomic mass is 35.5. The maximum atomic E-state index is 13.4. The van der Waals surface area contributed by atoms with Crippen LogP contribution in [0.15, 0.2) is 36.4 Å². The molecular weight excluding hydrogens is 383 g/mol. The highest BCUT2D eigenvalue weighted by Crippen LogP contribution is 2.38. The minimum absolute atomic E-state index is 0.00132. The molecule has 142 valence electrons. The van der Waals surface area contributed by atoms with Gasteiger partial charge >= 0.3 is 6.18 Å². The first kappa shape index (κ1) is 18.9. The van der Waals surface area contributed by atoms with Crippen LogP contribution in [-0.2, 0) is 6.18 Å². The van der Waals surface area contributed by atoms with E-state index in [9.17, 15) is 23.4 Å². The number of hydrogen-bond donors (Lipinski definition) is 3. The largest absolute Gasteiger partial charge is 0.493 e. The van der Waals surface area contributed by atoms with E-state index in [4.69, 9.17) is 11.6 Å². The van der Waals surface area contributed by atoms with Crippen LogP contribution in [0.25, 0.3) is 11.3 Å². The fourth-order valence-corrected chi connectivity index (χ4v) is 2.79. The minimum Gasteiger partial charge on any atom is -0.493 e. The number of aromatic nitrogens is 2. The summed E-state index contributed by atoms with van der Waals surface area (Å²) in [5, 5.41) is 20.4. The van der Waals surface area contributed by atoms with Crippen LogP contribution < -0.4 is 5.43 Å². The second kappa shape index (κ2) is 6.70. The molecule has 5 nitrogen and oxygen atoms in total. The van der Waals surface area contributed by atoms with Gasteiger partial charge < -0.3 is 10.2 Å². The smallest absolute Gasteiger partial charge is 0.418 e. The number of benzene rings is 1. The molecule has 0 unspecified atom stereocenters. The van der Waals surface area contributed by atoms with Crippen LogP contribution in [0.5, 0.6) is 11.8 Å². The molecule has 0 fully saturated rings. The van der Waals surface area contributed by atoms with Gasteiger partial charge in [0.1, 0.15) is 5.82 Å². The SMILES string of the molecule is Cc1c(C)c(O)n(Nc2ccc(C(F)(F)F)c(-c3cccc(Cl)c3)n2)c1O. The topological polar surface area (TPSA) is 70.3 Å². The fourth-order valence-electron chi connectivity index (χ4n) is 2.60. The van der Waals surface area contributed by atoms with E-state index in [0.717, 1.165) is 16.8 Å². The van der Waals surface area contributed by atoms with Gasteiger partial charge in [-0.05, 0) is 38.1 Å². The number of aromatic hydroxyl groups is 2. The van der Waals surface area contributed by atoms with Gasteiger partial charge in [0.2, 0.25) is 11.8 Å². The average molecular weight is 398 g/mol. The van der Waals surface area contributed by atoms with E-state index in [0.29, 0.717) is 11.1 Å². The van der Waals surface area contributed by atoms with Gasteiger partial charge in [-0.1, -0.05) is 23.7 Å². The number of hydrogen-bond acceptors (Lipinski definition) is 4. The van der Waals surface area contributed by atoms with Crippen molar-refractivity contribution < 1.29 is 23.4 Å². The Hall–Kier alpha value is -2.87. The Labute approximate surface area is 157 Å². The summed E-state index contributed by atoms with van der Waals surface area (Å²) >= 11 is 5.90. The Morgan fingerprint density at radius 3 is 2.22 bits per heavy atom. The normalized spacial score (nSPS) is 11.6. The van der Waals surface area contributed by atoms with Gasteiger partial charge in [0.15, 0.2) is 0 Å². The lowest BCUT2D eigenvalue weighted by Gasteiger charge is -2.15. The van der Waals surface area contributed by atoms with Crippen molar-refractivity contribution in [3.8, 4) is 23.0 Å². The first-order valence-electron chi connectivity index (χ1n) is 7.80. The van der Waals surface area contributed by atoms with Gasteiger partial charge in [-0.3, -0.25) is 5.43 Å². The first-order chi connectivity index (χ1) is 12.6. The van der Waals surface area contributed by atoms with E-state index < -0.39 is 11.7 Å². The molecule has 1 aromatic carbocycles. The molecule has 0 bridgehead atoms. The van der Waals surface area contributed by atoms with E-state index in [1.165, 1.54) is 18.2 Å². The molecule has 27 heavy (non-hydrogen) atoms. The van der Waals surface area contributed by atoms with Crippen molar-refractivity contribution in [3.05, 3.63) is 58.1 Å². The van der Waals surface area contributed by atoms with Gasteiger partial charge in [0.05, 0.1) is 11.3 Å². The lowest BCUT2D eigenvalue weighted by atomic mass is 10.1. The van der Waals surface area contributed by atoms with Crippen molar-refractivity contribution in [2.24, 2.45) is 0 Å². The lowest BCUT2D eigenvalue weighted by molar-refractivity contribution is -0.137. The minimum atomic E-state index is -4.62. The zero-order chi connectivity index (χ0) is 19.9. The Bertz CT molecular complexity index is 990. The summed E-state index contributed by atoms with van der Waals surface area (Å²) in [4.78, 5) is 4.03. The Morgan fingerprint density at radius 1 is 1.04 bits per heavy atom. The molecule has 2 aromatic heterocycles. The number of rotatable bonds is 3. The van der Waals surface area contributed by atoms with Gasteiger partial charge in [-0.2, -0.15) is 17.8 Å². The average Bonchev–Trinajstić information content (AvgIpc) is 2.79. The summed E-state index contributed by atoms with van der Waals surface area (Å²) in [5.41, 5.74) is 2.41. The summed E-state index contributed by atoms with van der Waals surface area (Å²) < 4.78 is 41.1. The third-order valence-corrected chi connectivity index (χ3v) is 4.42. The molecule has 0 saturated heterocycles. The highest BCUT2D eigenvalue weighted by molar-refractivity contribution is 6.30. The maximum Gasteiger partial charge on any atom is 0.418 e. The summed E-state index contributed by atoms with van der Waals surface area (Å²) in [6.45, 7) is 3.19. The van der Waals surface area contributed by atoms with Gasteiger partial charge in [-0.25, -0.2) is 4.98 Å². The molecule has 0 aliphatic carbocycles. The first-order valence-corrected chi connectivity index (χ1v) is 8.18. The predicted molar refractivity (Wildman–Crippen MR) is 95.9 cm³/mol. The van der Waals surface area contributed by atoms with E-state index in [1.807, 2.05) is 0 Å². The van der Waals surface area contributed by atoms with Gasteiger partial charge in [0.25, 0.3) is 0 Å². The van der Waals surface area contributed by atoms with Crippen LogP contribution in [0, 0.1) is 13.8 Å². The van der Waals surface area contributed by atoms with Crippen molar-refractivity contribution in [2.75, 3.05) is 5.43 Å². The van der Waals surface area contributed by atoms with E-state index in [1.54, 1.807) is 19.9 Å². The molecule has 0 atom stereocenters. The Balaban J connectivity index is 2.12. The number of nitrogens with zero attached hydrogens (tertiary/aromatic N) is 2. The Kier molecular flexibility index (Phi) is 4.69. The summed E-state index contributed by atoms with van der Waals surface area (Å²) in [6.07, 6.45) is -4.62. The Morgan fingerprint density at radius 2 is 1.67 bits per heavy atom. The van der Waals surface area contributed by atoms with Crippen molar-refractivity contribution >= 4 is 17.4 Å². The van der Waals surface area contributed by atoms with Crippen molar-refractivity contribution in [2.45, 2.75) is 20.0 Å². The molecule has 0 radical (unpaired) electrons. The van der Waals surface area contributed by atoms with Crippen LogP contribution in [0.2, 0.25) is 5.02 Å². The van der Waals surface area contributed by atoms with Crippen molar-refractivity contribution in [1.29, 1.82) is 0 Å². The fraction of sp³-hybridized carbons (Fsp3) is 0.167. The zero-order valence-corrected chi connectivity index (χ0v) is 15.0. The standard InChI is InChI=1S/C18H15ClF3N3O2/c1-9-10(2)17(27)25(16(9)26)24-14-7-6-13(18(20,21)22)15(23-14)11-4-3-5-12(19)8-11/h3-8,26-27H,1-2H3,(H,23,24). The number of anilines is 1. The van der Waals surface area contributed by atoms with Crippen LogP contribution in [-0.4, -0.2) is 19.9 Å². The summed E-state index contributed by atoms with van der Waals surface area (Å²) in [5.74, 6) is -0.536. The summed E-state index contributed by atoms with van der Waals surface area (Å²) in [6, 6.07) is 7.90. The zero-order valence-electron chi connectivity index (χ0n) is 14.3. The van der Waals surface area contributed by atoms with Gasteiger partial charge in [0, 0.05) is 21.7 Å². The predicted octanol–water partition coefficient (Wildman–Crippen LogP) is 5.13. The van der Waals surface area contributed by atoms with Crippen LogP contribution in [0.4, 0.5) is 19.0 Å². The monoisotopic (exact) mass is 397 g/mol. The second-order valence-electron chi connectivity index (χ2n) is 5.95. The third kappa shape index (κ3) is 3.52. The van der Waals surface area contributed by atoms with Crippen LogP contribution in [0.1, 0.15) is 16.7 Å². The number of halogens is 4. The molecule has 2 heterocycles. The second-order valence-corrected chi connectivity index (χ2v) is 6.38. The lowest BCUT2D eigenvalue weighted by Crippen LogP contribution is -2.13. The molecule has 0 saturated carbocycles. The number of nitrogens with one attached hydrogen (secondary N) is 1. The van der Waals surface area contributed by atoms with E-state index >= 15 is 0 Å². The third-order valence-electron chi connectivity index (χ3n) is 4.18.